The molecule has 1 rings (SSSR count). The molecule has 160 valence electrons. The Bertz CT molecular complexity index is 695. The molecule has 0 spiro atoms. The summed E-state index contributed by atoms with van der Waals surface area (Å²) in [6.45, 7) is 13.8. The van der Waals surface area contributed by atoms with Gasteiger partial charge in [-0.1, -0.05) is 69.8 Å². The number of carbonyl (C=O) groups excluding carboxylic acids is 2. The highest BCUT2D eigenvalue weighted by Gasteiger charge is 2.50. The number of methoxy groups -OCH3 is 1. The quantitative estimate of drug-likeness (QED) is 0.325. The van der Waals surface area contributed by atoms with Crippen LogP contribution in [0.5, 0.6) is 0 Å². The number of allylic oxidation sites excluding steroid dienone is 1. The number of rotatable bonds is 10. The molecular weight excluding hydrogens is 368 g/mol. The first-order valence-electron chi connectivity index (χ1n) is 9.94. The van der Waals surface area contributed by atoms with Crippen molar-refractivity contribution in [3.05, 3.63) is 60.2 Å². The number of ether oxygens (including phenoxy) is 3. The van der Waals surface area contributed by atoms with Gasteiger partial charge in [-0.05, 0) is 36.8 Å². The highest BCUT2D eigenvalue weighted by atomic mass is 16.6. The van der Waals surface area contributed by atoms with Crippen LogP contribution in [0.15, 0.2) is 54.6 Å². The lowest BCUT2D eigenvalue weighted by Gasteiger charge is -2.32. The van der Waals surface area contributed by atoms with Crippen LogP contribution in [-0.2, 0) is 29.2 Å². The van der Waals surface area contributed by atoms with Crippen LogP contribution in [0.4, 0.5) is 0 Å². The van der Waals surface area contributed by atoms with E-state index in [1.165, 1.54) is 0 Å². The zero-order valence-electron chi connectivity index (χ0n) is 18.5. The van der Waals surface area contributed by atoms with Crippen molar-refractivity contribution in [2.24, 2.45) is 5.41 Å². The molecule has 0 fully saturated rings. The minimum absolute atomic E-state index is 0.0754. The van der Waals surface area contributed by atoms with Gasteiger partial charge >= 0.3 is 11.9 Å². The van der Waals surface area contributed by atoms with E-state index in [0.29, 0.717) is 5.56 Å². The lowest BCUT2D eigenvalue weighted by molar-refractivity contribution is -0.164. The number of esters is 2. The number of hydrogen-bond acceptors (Lipinski definition) is 5. The van der Waals surface area contributed by atoms with E-state index in [2.05, 4.69) is 27.4 Å². The van der Waals surface area contributed by atoms with Crippen molar-refractivity contribution < 1.29 is 23.8 Å². The second-order valence-corrected chi connectivity index (χ2v) is 7.81. The van der Waals surface area contributed by atoms with Gasteiger partial charge in [-0.2, -0.15) is 0 Å². The van der Waals surface area contributed by atoms with Crippen molar-refractivity contribution in [1.29, 1.82) is 0 Å². The molecule has 0 aromatic heterocycles. The Kier molecular flexibility index (Phi) is 9.31. The third-order valence-electron chi connectivity index (χ3n) is 4.72. The van der Waals surface area contributed by atoms with Crippen LogP contribution in [0.3, 0.4) is 0 Å². The molecule has 5 heteroatoms. The first-order chi connectivity index (χ1) is 13.7. The van der Waals surface area contributed by atoms with Gasteiger partial charge < -0.3 is 14.2 Å². The molecule has 0 N–H and O–H groups in total. The Hall–Kier alpha value is -2.40. The zero-order chi connectivity index (χ0) is 22.1. The van der Waals surface area contributed by atoms with Gasteiger partial charge in [0.15, 0.2) is 5.41 Å². The SMILES string of the molecule is C=C/C(=C\CC(C(=O)OCC)(C(=O)OCC)c1ccccc1)[C@H](OC)C(C)(C)C. The molecule has 5 nitrogen and oxygen atoms in total. The Labute approximate surface area is 174 Å². The monoisotopic (exact) mass is 402 g/mol. The predicted octanol–water partition coefficient (Wildman–Crippen LogP) is 4.61. The molecule has 0 amide bonds. The minimum Gasteiger partial charge on any atom is -0.465 e. The van der Waals surface area contributed by atoms with E-state index < -0.39 is 17.4 Å². The minimum atomic E-state index is -1.60. The van der Waals surface area contributed by atoms with Crippen molar-refractivity contribution >= 4 is 11.9 Å². The molecule has 1 aromatic rings. The van der Waals surface area contributed by atoms with Crippen molar-refractivity contribution in [3.63, 3.8) is 0 Å². The van der Waals surface area contributed by atoms with Crippen LogP contribution >= 0.6 is 0 Å². The Morgan fingerprint density at radius 3 is 1.93 bits per heavy atom. The fraction of sp³-hybridized carbons (Fsp3) is 0.500. The smallest absolute Gasteiger partial charge is 0.328 e. The highest BCUT2D eigenvalue weighted by molar-refractivity contribution is 6.06. The van der Waals surface area contributed by atoms with Gasteiger partial charge in [-0.15, -0.1) is 0 Å². The van der Waals surface area contributed by atoms with Crippen molar-refractivity contribution in [2.45, 2.75) is 52.6 Å². The third kappa shape index (κ3) is 5.80. The van der Waals surface area contributed by atoms with Crippen molar-refractivity contribution in [2.75, 3.05) is 20.3 Å². The number of carbonyl (C=O) groups is 2. The van der Waals surface area contributed by atoms with E-state index in [1.807, 2.05) is 12.1 Å². The lowest BCUT2D eigenvalue weighted by atomic mass is 9.75. The van der Waals surface area contributed by atoms with Crippen LogP contribution in [0.25, 0.3) is 0 Å². The van der Waals surface area contributed by atoms with Crippen LogP contribution in [-0.4, -0.2) is 38.4 Å². The summed E-state index contributed by atoms with van der Waals surface area (Å²) < 4.78 is 16.3. The molecule has 1 atom stereocenters. The van der Waals surface area contributed by atoms with Crippen molar-refractivity contribution in [3.8, 4) is 0 Å². The molecule has 0 aliphatic carbocycles. The van der Waals surface area contributed by atoms with Crippen LogP contribution in [0.1, 0.15) is 46.6 Å². The fourth-order valence-electron chi connectivity index (χ4n) is 3.39. The average Bonchev–Trinajstić information content (AvgIpc) is 2.67. The summed E-state index contributed by atoms with van der Waals surface area (Å²) in [5, 5.41) is 0. The first-order valence-corrected chi connectivity index (χ1v) is 9.94. The summed E-state index contributed by atoms with van der Waals surface area (Å²) in [6.07, 6.45) is 3.35. The molecule has 1 aromatic carbocycles. The number of benzene rings is 1. The van der Waals surface area contributed by atoms with E-state index in [-0.39, 0.29) is 31.2 Å². The molecule has 0 unspecified atom stereocenters. The molecule has 0 radical (unpaired) electrons. The first kappa shape index (κ1) is 24.6. The van der Waals surface area contributed by atoms with Gasteiger partial charge in [0, 0.05) is 7.11 Å². The van der Waals surface area contributed by atoms with Gasteiger partial charge in [0.1, 0.15) is 0 Å². The van der Waals surface area contributed by atoms with Crippen LogP contribution in [0.2, 0.25) is 0 Å². The van der Waals surface area contributed by atoms with E-state index in [0.717, 1.165) is 5.57 Å². The summed E-state index contributed by atoms with van der Waals surface area (Å²) in [5.41, 5.74) is -0.467. The molecular formula is C24H34O5. The third-order valence-corrected chi connectivity index (χ3v) is 4.72. The summed E-state index contributed by atoms with van der Waals surface area (Å²) in [5.74, 6) is -1.26. The van der Waals surface area contributed by atoms with E-state index in [1.54, 1.807) is 51.3 Å². The highest BCUT2D eigenvalue weighted by Crippen LogP contribution is 2.35. The lowest BCUT2D eigenvalue weighted by Crippen LogP contribution is -2.46. The normalized spacial score (nSPS) is 13.5. The molecule has 0 saturated carbocycles. The van der Waals surface area contributed by atoms with Crippen molar-refractivity contribution in [1.82, 2.24) is 0 Å². The van der Waals surface area contributed by atoms with Gasteiger partial charge in [-0.25, -0.2) is 0 Å². The van der Waals surface area contributed by atoms with Gasteiger partial charge in [0.05, 0.1) is 19.3 Å². The molecule has 29 heavy (non-hydrogen) atoms. The molecule has 0 saturated heterocycles. The average molecular weight is 403 g/mol. The van der Waals surface area contributed by atoms with E-state index in [4.69, 9.17) is 14.2 Å². The summed E-state index contributed by atoms with van der Waals surface area (Å²) in [4.78, 5) is 26.2. The standard InChI is InChI=1S/C24H34O5/c1-8-18(20(27-7)23(4,5)6)16-17-24(21(25)28-9-2,22(26)29-10-3)19-14-12-11-13-15-19/h8,11-16,20H,1,9-10,17H2,2-7H3/b18-16+/t20-/m0/s1. The maximum Gasteiger partial charge on any atom is 0.328 e. The maximum atomic E-state index is 13.1. The second-order valence-electron chi connectivity index (χ2n) is 7.81. The molecule has 0 aliphatic heterocycles. The van der Waals surface area contributed by atoms with E-state index >= 15 is 0 Å². The molecule has 0 aliphatic rings. The van der Waals surface area contributed by atoms with Crippen LogP contribution < -0.4 is 0 Å². The Morgan fingerprint density at radius 1 is 1.03 bits per heavy atom. The van der Waals surface area contributed by atoms with Gasteiger partial charge in [0.2, 0.25) is 0 Å². The molecule has 0 bridgehead atoms. The number of hydrogen-bond donors (Lipinski definition) is 0. The summed E-state index contributed by atoms with van der Waals surface area (Å²) in [7, 11) is 1.63. The van der Waals surface area contributed by atoms with Gasteiger partial charge in [0.25, 0.3) is 0 Å². The van der Waals surface area contributed by atoms with E-state index in [9.17, 15) is 9.59 Å². The van der Waals surface area contributed by atoms with Crippen LogP contribution in [0, 0.1) is 5.41 Å². The predicted molar refractivity (Wildman–Crippen MR) is 115 cm³/mol. The maximum absolute atomic E-state index is 13.1. The zero-order valence-corrected chi connectivity index (χ0v) is 18.5. The second kappa shape index (κ2) is 11.0. The Balaban J connectivity index is 3.59. The van der Waals surface area contributed by atoms with Gasteiger partial charge in [-0.3, -0.25) is 9.59 Å². The Morgan fingerprint density at radius 2 is 1.55 bits per heavy atom. The fourth-order valence-corrected chi connectivity index (χ4v) is 3.39. The summed E-state index contributed by atoms with van der Waals surface area (Å²) in [6, 6.07) is 8.89. The summed E-state index contributed by atoms with van der Waals surface area (Å²) >= 11 is 0. The largest absolute Gasteiger partial charge is 0.465 e. The topological polar surface area (TPSA) is 61.8 Å². The molecule has 0 heterocycles.